The highest BCUT2D eigenvalue weighted by Crippen LogP contribution is 2.20. The maximum atomic E-state index is 12.6. The molecule has 0 bridgehead atoms. The zero-order valence-corrected chi connectivity index (χ0v) is 13.0. The fourth-order valence-electron chi connectivity index (χ4n) is 2.29. The predicted octanol–water partition coefficient (Wildman–Crippen LogP) is 3.22. The van der Waals surface area contributed by atoms with Gasteiger partial charge in [-0.1, -0.05) is 24.3 Å². The molecule has 106 valence electrons. The summed E-state index contributed by atoms with van der Waals surface area (Å²) in [6, 6.07) is 13.2. The fourth-order valence-corrected chi connectivity index (χ4v) is 2.82. The normalized spacial score (nSPS) is 10.8. The Bertz CT molecular complexity index is 858. The van der Waals surface area contributed by atoms with Crippen molar-refractivity contribution in [3.05, 3.63) is 69.2 Å². The molecule has 0 atom stereocenters. The Labute approximate surface area is 130 Å². The summed E-state index contributed by atoms with van der Waals surface area (Å²) in [6.07, 6.45) is 1.57. The number of halogens is 1. The van der Waals surface area contributed by atoms with Crippen molar-refractivity contribution in [2.75, 3.05) is 7.11 Å². The number of ether oxygens (including phenoxy) is 1. The lowest BCUT2D eigenvalue weighted by Gasteiger charge is -2.10. The third-order valence-corrected chi connectivity index (χ3v) is 4.00. The summed E-state index contributed by atoms with van der Waals surface area (Å²) in [6.45, 7) is 0.424. The Morgan fingerprint density at radius 3 is 2.81 bits per heavy atom. The number of hydrogen-bond donors (Lipinski definition) is 0. The second-order valence-corrected chi connectivity index (χ2v) is 5.48. The second-order valence-electron chi connectivity index (χ2n) is 4.62. The Balaban J connectivity index is 2.12. The van der Waals surface area contributed by atoms with Crippen LogP contribution in [0.3, 0.4) is 0 Å². The van der Waals surface area contributed by atoms with Gasteiger partial charge in [-0.3, -0.25) is 9.36 Å². The molecule has 0 spiro atoms. The van der Waals surface area contributed by atoms with E-state index in [2.05, 4.69) is 20.9 Å². The average Bonchev–Trinajstić information content (AvgIpc) is 2.50. The number of rotatable bonds is 3. The number of aromatic nitrogens is 2. The van der Waals surface area contributed by atoms with Gasteiger partial charge in [0.05, 0.1) is 30.9 Å². The Kier molecular flexibility index (Phi) is 3.75. The largest absolute Gasteiger partial charge is 0.496 e. The van der Waals surface area contributed by atoms with E-state index < -0.39 is 0 Å². The first kappa shape index (κ1) is 13.8. The van der Waals surface area contributed by atoms with Gasteiger partial charge in [-0.05, 0) is 34.1 Å². The zero-order valence-electron chi connectivity index (χ0n) is 11.4. The summed E-state index contributed by atoms with van der Waals surface area (Å²) in [5.74, 6) is 0.761. The molecular formula is C16H13BrN2O2. The lowest BCUT2D eigenvalue weighted by atomic mass is 10.2. The number of nitrogens with zero attached hydrogens (tertiary/aromatic N) is 2. The van der Waals surface area contributed by atoms with Crippen LogP contribution in [-0.4, -0.2) is 16.7 Å². The van der Waals surface area contributed by atoms with Crippen LogP contribution in [0.25, 0.3) is 10.9 Å². The van der Waals surface area contributed by atoms with E-state index in [1.54, 1.807) is 18.0 Å². The van der Waals surface area contributed by atoms with Crippen LogP contribution in [0.1, 0.15) is 5.56 Å². The molecule has 0 radical (unpaired) electrons. The molecule has 0 amide bonds. The van der Waals surface area contributed by atoms with E-state index in [-0.39, 0.29) is 5.56 Å². The Hall–Kier alpha value is -2.14. The zero-order chi connectivity index (χ0) is 14.8. The number of para-hydroxylation sites is 1. The standard InChI is InChI=1S/C16H13BrN2O2/c1-21-14-8-3-2-5-11(14)9-19-10-18-13-7-4-6-12(17)15(13)16(19)20/h2-8,10H,9H2,1H3. The van der Waals surface area contributed by atoms with Crippen molar-refractivity contribution in [2.45, 2.75) is 6.54 Å². The summed E-state index contributed by atoms with van der Waals surface area (Å²) < 4.78 is 7.67. The van der Waals surface area contributed by atoms with Gasteiger partial charge in [0, 0.05) is 10.0 Å². The van der Waals surface area contributed by atoms with Crippen LogP contribution in [-0.2, 0) is 6.54 Å². The van der Waals surface area contributed by atoms with E-state index in [1.807, 2.05) is 42.5 Å². The smallest absolute Gasteiger partial charge is 0.262 e. The molecule has 0 saturated heterocycles. The first-order valence-electron chi connectivity index (χ1n) is 6.46. The van der Waals surface area contributed by atoms with Crippen LogP contribution in [0.4, 0.5) is 0 Å². The lowest BCUT2D eigenvalue weighted by Crippen LogP contribution is -2.21. The number of methoxy groups -OCH3 is 1. The number of fused-ring (bicyclic) bond motifs is 1. The maximum Gasteiger partial charge on any atom is 0.262 e. The highest BCUT2D eigenvalue weighted by atomic mass is 79.9. The molecule has 0 aliphatic rings. The van der Waals surface area contributed by atoms with Crippen LogP contribution in [0, 0.1) is 0 Å². The van der Waals surface area contributed by atoms with Gasteiger partial charge in [0.2, 0.25) is 0 Å². The molecule has 0 aliphatic heterocycles. The van der Waals surface area contributed by atoms with Crippen LogP contribution < -0.4 is 10.3 Å². The van der Waals surface area contributed by atoms with Crippen LogP contribution >= 0.6 is 15.9 Å². The molecule has 4 nitrogen and oxygen atoms in total. The first-order chi connectivity index (χ1) is 10.2. The highest BCUT2D eigenvalue weighted by Gasteiger charge is 2.09. The minimum atomic E-state index is -0.0709. The summed E-state index contributed by atoms with van der Waals surface area (Å²) in [7, 11) is 1.62. The van der Waals surface area contributed by atoms with Gasteiger partial charge < -0.3 is 4.74 Å². The molecule has 5 heteroatoms. The van der Waals surface area contributed by atoms with Gasteiger partial charge in [-0.25, -0.2) is 4.98 Å². The SMILES string of the molecule is COc1ccccc1Cn1cnc2cccc(Br)c2c1=O. The topological polar surface area (TPSA) is 44.1 Å². The Morgan fingerprint density at radius 1 is 1.19 bits per heavy atom. The summed E-state index contributed by atoms with van der Waals surface area (Å²) in [5.41, 5.74) is 1.55. The van der Waals surface area contributed by atoms with E-state index in [0.717, 1.165) is 15.8 Å². The maximum absolute atomic E-state index is 12.6. The van der Waals surface area contributed by atoms with Crippen LogP contribution in [0.2, 0.25) is 0 Å². The Morgan fingerprint density at radius 2 is 2.00 bits per heavy atom. The van der Waals surface area contributed by atoms with Crippen molar-refractivity contribution in [1.82, 2.24) is 9.55 Å². The average molecular weight is 345 g/mol. The van der Waals surface area contributed by atoms with E-state index in [4.69, 9.17) is 4.74 Å². The molecule has 0 aliphatic carbocycles. The van der Waals surface area contributed by atoms with Crippen molar-refractivity contribution >= 4 is 26.8 Å². The monoisotopic (exact) mass is 344 g/mol. The van der Waals surface area contributed by atoms with Crippen molar-refractivity contribution in [3.63, 3.8) is 0 Å². The molecule has 21 heavy (non-hydrogen) atoms. The summed E-state index contributed by atoms with van der Waals surface area (Å²) in [4.78, 5) is 17.0. The molecule has 3 aromatic rings. The van der Waals surface area contributed by atoms with E-state index >= 15 is 0 Å². The predicted molar refractivity (Wildman–Crippen MR) is 85.8 cm³/mol. The van der Waals surface area contributed by atoms with Crippen LogP contribution in [0.5, 0.6) is 5.75 Å². The third-order valence-electron chi connectivity index (χ3n) is 3.34. The van der Waals surface area contributed by atoms with Gasteiger partial charge in [0.25, 0.3) is 5.56 Å². The van der Waals surface area contributed by atoms with Gasteiger partial charge in [-0.2, -0.15) is 0 Å². The summed E-state index contributed by atoms with van der Waals surface area (Å²) >= 11 is 3.42. The molecular weight excluding hydrogens is 332 g/mol. The molecule has 0 N–H and O–H groups in total. The minimum Gasteiger partial charge on any atom is -0.496 e. The quantitative estimate of drug-likeness (QED) is 0.732. The fraction of sp³-hybridized carbons (Fsp3) is 0.125. The molecule has 0 fully saturated rings. The van der Waals surface area contributed by atoms with Crippen LogP contribution in [0.15, 0.2) is 58.1 Å². The van der Waals surface area contributed by atoms with Crippen molar-refractivity contribution < 1.29 is 4.74 Å². The van der Waals surface area contributed by atoms with Gasteiger partial charge in [-0.15, -0.1) is 0 Å². The first-order valence-corrected chi connectivity index (χ1v) is 7.25. The third kappa shape index (κ3) is 2.56. The van der Waals surface area contributed by atoms with E-state index in [1.165, 1.54) is 0 Å². The van der Waals surface area contributed by atoms with Crippen molar-refractivity contribution in [3.8, 4) is 5.75 Å². The number of hydrogen-bond acceptors (Lipinski definition) is 3. The van der Waals surface area contributed by atoms with Crippen molar-refractivity contribution in [2.24, 2.45) is 0 Å². The van der Waals surface area contributed by atoms with Gasteiger partial charge in [0.15, 0.2) is 0 Å². The van der Waals surface area contributed by atoms with E-state index in [9.17, 15) is 4.79 Å². The second kappa shape index (κ2) is 5.69. The molecule has 0 unspecified atom stereocenters. The molecule has 1 aromatic heterocycles. The van der Waals surface area contributed by atoms with Gasteiger partial charge >= 0.3 is 0 Å². The van der Waals surface area contributed by atoms with Crippen molar-refractivity contribution in [1.29, 1.82) is 0 Å². The highest BCUT2D eigenvalue weighted by molar-refractivity contribution is 9.10. The molecule has 3 rings (SSSR count). The van der Waals surface area contributed by atoms with E-state index in [0.29, 0.717) is 17.4 Å². The number of benzene rings is 2. The molecule has 2 aromatic carbocycles. The minimum absolute atomic E-state index is 0.0709. The molecule has 0 saturated carbocycles. The van der Waals surface area contributed by atoms with Gasteiger partial charge in [0.1, 0.15) is 5.75 Å². The molecule has 1 heterocycles. The summed E-state index contributed by atoms with van der Waals surface area (Å²) in [5, 5.41) is 0.592. The lowest BCUT2D eigenvalue weighted by molar-refractivity contribution is 0.408.